The molecule has 0 saturated heterocycles. The zero-order valence-corrected chi connectivity index (χ0v) is 16.3. The molecule has 0 radical (unpaired) electrons. The summed E-state index contributed by atoms with van der Waals surface area (Å²) in [6, 6.07) is 10.8. The summed E-state index contributed by atoms with van der Waals surface area (Å²) in [6.07, 6.45) is 1.08. The Morgan fingerprint density at radius 1 is 1.04 bits per heavy atom. The van der Waals surface area contributed by atoms with Crippen molar-refractivity contribution < 1.29 is 13.5 Å². The van der Waals surface area contributed by atoms with Crippen LogP contribution in [0.5, 0.6) is 5.88 Å². The number of pyridine rings is 2. The number of fused-ring (bicyclic) bond motifs is 1. The monoisotopic (exact) mass is 385 g/mol. The molecule has 0 bridgehead atoms. The highest BCUT2D eigenvalue weighted by Gasteiger charge is 2.26. The van der Waals surface area contributed by atoms with Gasteiger partial charge < -0.3 is 10.5 Å². The smallest absolute Gasteiger partial charge is 0.269 e. The van der Waals surface area contributed by atoms with Crippen molar-refractivity contribution in [2.45, 2.75) is 39.2 Å². The number of aromatic nitrogens is 2. The van der Waals surface area contributed by atoms with E-state index in [1.807, 2.05) is 31.2 Å². The Kier molecular flexibility index (Phi) is 5.89. The maximum absolute atomic E-state index is 14.0. The number of nitrogens with zero attached hydrogens (tertiary/aromatic N) is 2. The molecule has 3 aromatic rings. The van der Waals surface area contributed by atoms with Crippen molar-refractivity contribution in [2.24, 2.45) is 11.7 Å². The third kappa shape index (κ3) is 4.44. The fourth-order valence-electron chi connectivity index (χ4n) is 3.57. The molecule has 1 aromatic carbocycles. The third-order valence-electron chi connectivity index (χ3n) is 4.52. The lowest BCUT2D eigenvalue weighted by molar-refractivity contribution is 0.138. The van der Waals surface area contributed by atoms with E-state index < -0.39 is 12.0 Å². The van der Waals surface area contributed by atoms with Crippen molar-refractivity contribution in [1.82, 2.24) is 9.97 Å². The minimum Gasteiger partial charge on any atom is -0.475 e. The Morgan fingerprint density at radius 2 is 1.71 bits per heavy atom. The first-order chi connectivity index (χ1) is 13.3. The second-order valence-electron chi connectivity index (χ2n) is 7.79. The maximum atomic E-state index is 14.0. The molecule has 2 aromatic heterocycles. The summed E-state index contributed by atoms with van der Waals surface area (Å²) in [4.78, 5) is 8.38. The van der Waals surface area contributed by atoms with Crippen molar-refractivity contribution in [3.63, 3.8) is 0 Å². The Hall–Kier alpha value is -2.60. The molecule has 0 saturated carbocycles. The van der Waals surface area contributed by atoms with E-state index in [1.54, 1.807) is 18.3 Å². The minimum absolute atomic E-state index is 0.0752. The van der Waals surface area contributed by atoms with E-state index in [9.17, 15) is 8.78 Å². The van der Waals surface area contributed by atoms with Crippen LogP contribution in [0.2, 0.25) is 0 Å². The molecule has 0 spiro atoms. The van der Waals surface area contributed by atoms with Gasteiger partial charge in [0.1, 0.15) is 6.61 Å². The molecule has 0 unspecified atom stereocenters. The number of ether oxygens (including phenoxy) is 1. The summed E-state index contributed by atoms with van der Waals surface area (Å²) in [5, 5.41) is 0.799. The van der Waals surface area contributed by atoms with Crippen LogP contribution in [-0.2, 0) is 0 Å². The van der Waals surface area contributed by atoms with Crippen LogP contribution in [0.15, 0.2) is 48.8 Å². The molecule has 148 valence electrons. The van der Waals surface area contributed by atoms with Gasteiger partial charge in [-0.3, -0.25) is 4.98 Å². The highest BCUT2D eigenvalue weighted by atomic mass is 19.3. The summed E-state index contributed by atoms with van der Waals surface area (Å²) >= 11 is 0. The van der Waals surface area contributed by atoms with Crippen LogP contribution in [0.25, 0.3) is 22.0 Å². The lowest BCUT2D eigenvalue weighted by atomic mass is 9.93. The summed E-state index contributed by atoms with van der Waals surface area (Å²) in [5.41, 5.74) is 7.22. The lowest BCUT2D eigenvalue weighted by Crippen LogP contribution is -2.43. The Labute approximate surface area is 163 Å². The van der Waals surface area contributed by atoms with E-state index in [-0.39, 0.29) is 18.1 Å². The van der Waals surface area contributed by atoms with E-state index in [0.29, 0.717) is 23.5 Å². The first-order valence-corrected chi connectivity index (χ1v) is 9.31. The topological polar surface area (TPSA) is 61.0 Å². The van der Waals surface area contributed by atoms with Crippen LogP contribution in [0.4, 0.5) is 8.78 Å². The molecule has 2 N–H and O–H groups in total. The normalized spacial score (nSPS) is 13.9. The third-order valence-corrected chi connectivity index (χ3v) is 4.52. The van der Waals surface area contributed by atoms with Gasteiger partial charge in [-0.25, -0.2) is 13.8 Å². The van der Waals surface area contributed by atoms with Crippen LogP contribution in [-0.4, -0.2) is 22.1 Å². The van der Waals surface area contributed by atoms with Crippen LogP contribution in [0, 0.1) is 5.92 Å². The molecule has 0 aliphatic carbocycles. The fraction of sp³-hybridized carbons (Fsp3) is 0.364. The average Bonchev–Trinajstić information content (AvgIpc) is 2.64. The lowest BCUT2D eigenvalue weighted by Gasteiger charge is -2.27. The maximum Gasteiger partial charge on any atom is 0.269 e. The number of benzene rings is 1. The van der Waals surface area contributed by atoms with Gasteiger partial charge >= 0.3 is 0 Å². The van der Waals surface area contributed by atoms with Crippen molar-refractivity contribution in [3.8, 4) is 17.0 Å². The Balaban J connectivity index is 2.03. The second-order valence-corrected chi connectivity index (χ2v) is 7.79. The zero-order chi connectivity index (χ0) is 20.3. The molecule has 1 atom stereocenters. The van der Waals surface area contributed by atoms with Crippen LogP contribution in [0.1, 0.15) is 39.2 Å². The van der Waals surface area contributed by atoms with Crippen LogP contribution in [0.3, 0.4) is 0 Å². The highest BCUT2D eigenvalue weighted by molar-refractivity contribution is 5.95. The zero-order valence-electron chi connectivity index (χ0n) is 16.3. The van der Waals surface area contributed by atoms with E-state index in [1.165, 1.54) is 6.20 Å². The number of halogens is 2. The quantitative estimate of drug-likeness (QED) is 0.593. The molecule has 0 aliphatic rings. The van der Waals surface area contributed by atoms with Gasteiger partial charge in [0.25, 0.3) is 6.43 Å². The van der Waals surface area contributed by atoms with Crippen molar-refractivity contribution in [3.05, 3.63) is 54.4 Å². The Bertz CT molecular complexity index is 952. The van der Waals surface area contributed by atoms with Crippen molar-refractivity contribution >= 4 is 10.9 Å². The summed E-state index contributed by atoms with van der Waals surface area (Å²) < 4.78 is 33.8. The highest BCUT2D eigenvalue weighted by Crippen LogP contribution is 2.39. The second kappa shape index (κ2) is 8.19. The van der Waals surface area contributed by atoms with Crippen LogP contribution < -0.4 is 10.5 Å². The number of rotatable bonds is 7. The predicted octanol–water partition coefficient (Wildman–Crippen LogP) is 5.38. The van der Waals surface area contributed by atoms with Gasteiger partial charge in [0.15, 0.2) is 0 Å². The van der Waals surface area contributed by atoms with Gasteiger partial charge in [-0.15, -0.1) is 0 Å². The minimum atomic E-state index is -2.74. The van der Waals surface area contributed by atoms with Crippen molar-refractivity contribution in [1.29, 1.82) is 0 Å². The summed E-state index contributed by atoms with van der Waals surface area (Å²) in [6.45, 7) is 6.08. The van der Waals surface area contributed by atoms with E-state index >= 15 is 0 Å². The molecule has 2 heterocycles. The SMILES string of the molecule is CC(C)C[C@@](C)(N)COc1nccc(-c2ccnc3ccccc23)c1C(F)F. The van der Waals surface area contributed by atoms with Crippen molar-refractivity contribution in [2.75, 3.05) is 6.61 Å². The molecule has 0 amide bonds. The predicted molar refractivity (Wildman–Crippen MR) is 107 cm³/mol. The molecule has 28 heavy (non-hydrogen) atoms. The molecule has 4 nitrogen and oxygen atoms in total. The van der Waals surface area contributed by atoms with E-state index in [0.717, 1.165) is 10.9 Å². The molecule has 3 rings (SSSR count). The summed E-state index contributed by atoms with van der Waals surface area (Å²) in [7, 11) is 0. The number of nitrogens with two attached hydrogens (primary N) is 1. The Morgan fingerprint density at radius 3 is 2.43 bits per heavy atom. The molecule has 0 aliphatic heterocycles. The molecule has 0 fully saturated rings. The van der Waals surface area contributed by atoms with Gasteiger partial charge in [-0.1, -0.05) is 32.0 Å². The molecular weight excluding hydrogens is 360 g/mol. The summed E-state index contributed by atoms with van der Waals surface area (Å²) in [5.74, 6) is 0.296. The largest absolute Gasteiger partial charge is 0.475 e. The number of hydrogen-bond donors (Lipinski definition) is 1. The number of hydrogen-bond acceptors (Lipinski definition) is 4. The first-order valence-electron chi connectivity index (χ1n) is 9.31. The van der Waals surface area contributed by atoms with Gasteiger partial charge in [0.2, 0.25) is 5.88 Å². The van der Waals surface area contributed by atoms with Gasteiger partial charge in [-0.05, 0) is 48.6 Å². The van der Waals surface area contributed by atoms with Crippen LogP contribution >= 0.6 is 0 Å². The first kappa shape index (κ1) is 20.1. The van der Waals surface area contributed by atoms with Gasteiger partial charge in [0, 0.05) is 23.3 Å². The average molecular weight is 385 g/mol. The molecule has 6 heteroatoms. The molecular formula is C22H25F2N3O. The standard InChI is InChI=1S/C22H25F2N3O/c1-14(2)12-22(3,25)13-28-21-19(20(23)24)17(9-11-27-21)15-8-10-26-18-7-5-4-6-16(15)18/h4-11,14,20H,12-13,25H2,1-3H3/t22-/m1/s1. The van der Waals surface area contributed by atoms with Gasteiger partial charge in [-0.2, -0.15) is 0 Å². The number of alkyl halides is 2. The van der Waals surface area contributed by atoms with E-state index in [4.69, 9.17) is 10.5 Å². The van der Waals surface area contributed by atoms with Gasteiger partial charge in [0.05, 0.1) is 11.1 Å². The number of para-hydroxylation sites is 1. The fourth-order valence-corrected chi connectivity index (χ4v) is 3.57. The van der Waals surface area contributed by atoms with E-state index in [2.05, 4.69) is 23.8 Å².